The Morgan fingerprint density at radius 1 is 1.36 bits per heavy atom. The first kappa shape index (κ1) is 18.7. The second-order valence-corrected chi connectivity index (χ2v) is 5.52. The minimum atomic E-state index is -0.414. The van der Waals surface area contributed by atoms with E-state index in [0.29, 0.717) is 24.4 Å². The van der Waals surface area contributed by atoms with Gasteiger partial charge in [0.2, 0.25) is 11.8 Å². The Morgan fingerprint density at radius 3 is 2.68 bits per heavy atom. The van der Waals surface area contributed by atoms with Crippen LogP contribution in [0.4, 0.5) is 5.69 Å². The maximum Gasteiger partial charge on any atom is 0.249 e. The van der Waals surface area contributed by atoms with E-state index in [2.05, 4.69) is 10.6 Å². The molecule has 22 heavy (non-hydrogen) atoms. The Balaban J connectivity index is 0.00000242. The number of nitrogens with one attached hydrogen (secondary N) is 2. The third-order valence-electron chi connectivity index (χ3n) is 3.51. The van der Waals surface area contributed by atoms with Crippen molar-refractivity contribution in [3.05, 3.63) is 29.3 Å². The summed E-state index contributed by atoms with van der Waals surface area (Å²) in [6.07, 6.45) is 1.84. The van der Waals surface area contributed by atoms with Gasteiger partial charge < -0.3 is 15.5 Å². The molecule has 122 valence electrons. The Bertz CT molecular complexity index is 508. The first-order valence-corrected chi connectivity index (χ1v) is 7.50. The summed E-state index contributed by atoms with van der Waals surface area (Å²) < 4.78 is 0. The lowest BCUT2D eigenvalue weighted by molar-refractivity contribution is -0.126. The molecule has 0 aliphatic carbocycles. The number of hydrogen-bond acceptors (Lipinski definition) is 3. The lowest BCUT2D eigenvalue weighted by Crippen LogP contribution is -2.41. The molecule has 2 rings (SSSR count). The second-order valence-electron chi connectivity index (χ2n) is 5.08. The van der Waals surface area contributed by atoms with Crippen molar-refractivity contribution in [2.75, 3.05) is 25.0 Å². The Hall–Kier alpha value is -1.30. The van der Waals surface area contributed by atoms with Gasteiger partial charge in [0, 0.05) is 23.7 Å². The van der Waals surface area contributed by atoms with Crippen LogP contribution in [0.2, 0.25) is 5.02 Å². The van der Waals surface area contributed by atoms with E-state index in [4.69, 9.17) is 11.6 Å². The topological polar surface area (TPSA) is 61.4 Å². The highest BCUT2D eigenvalue weighted by Gasteiger charge is 2.33. The SMILES string of the molecule is CNCCCC(=O)NC1CCN(c2ccc(Cl)cc2)C1=O.Cl. The number of halogens is 2. The van der Waals surface area contributed by atoms with Crippen molar-refractivity contribution in [1.82, 2.24) is 10.6 Å². The smallest absolute Gasteiger partial charge is 0.249 e. The lowest BCUT2D eigenvalue weighted by Gasteiger charge is -2.17. The molecule has 1 unspecified atom stereocenters. The summed E-state index contributed by atoms with van der Waals surface area (Å²) in [6.45, 7) is 1.41. The molecule has 0 spiro atoms. The molecule has 0 aromatic heterocycles. The lowest BCUT2D eigenvalue weighted by atomic mass is 10.2. The maximum absolute atomic E-state index is 12.3. The first-order chi connectivity index (χ1) is 10.1. The van der Waals surface area contributed by atoms with Crippen molar-refractivity contribution in [2.45, 2.75) is 25.3 Å². The van der Waals surface area contributed by atoms with Crippen LogP contribution in [-0.4, -0.2) is 38.0 Å². The van der Waals surface area contributed by atoms with Crippen LogP contribution in [0.25, 0.3) is 0 Å². The summed E-state index contributed by atoms with van der Waals surface area (Å²) in [5.41, 5.74) is 0.816. The predicted molar refractivity (Wildman–Crippen MR) is 90.8 cm³/mol. The van der Waals surface area contributed by atoms with Gasteiger partial charge in [-0.05, 0) is 50.7 Å². The molecule has 1 saturated heterocycles. The molecule has 1 fully saturated rings. The molecule has 2 N–H and O–H groups in total. The number of carbonyl (C=O) groups is 2. The average molecular weight is 346 g/mol. The van der Waals surface area contributed by atoms with Crippen LogP contribution in [0.15, 0.2) is 24.3 Å². The molecule has 0 saturated carbocycles. The number of rotatable bonds is 6. The summed E-state index contributed by atoms with van der Waals surface area (Å²) >= 11 is 5.85. The Kier molecular flexibility index (Phi) is 7.65. The molecule has 5 nitrogen and oxygen atoms in total. The summed E-state index contributed by atoms with van der Waals surface area (Å²) in [5.74, 6) is -0.124. The number of amides is 2. The van der Waals surface area contributed by atoms with E-state index >= 15 is 0 Å². The van der Waals surface area contributed by atoms with Crippen molar-refractivity contribution >= 4 is 41.5 Å². The predicted octanol–water partition coefficient (Wildman–Crippen LogP) is 1.98. The summed E-state index contributed by atoms with van der Waals surface area (Å²) in [4.78, 5) is 25.8. The third kappa shape index (κ3) is 4.87. The van der Waals surface area contributed by atoms with Crippen LogP contribution in [0.3, 0.4) is 0 Å². The molecular formula is C15H21Cl2N3O2. The molecule has 7 heteroatoms. The highest BCUT2D eigenvalue weighted by molar-refractivity contribution is 6.30. The van der Waals surface area contributed by atoms with Crippen LogP contribution < -0.4 is 15.5 Å². The van der Waals surface area contributed by atoms with E-state index < -0.39 is 6.04 Å². The third-order valence-corrected chi connectivity index (χ3v) is 3.76. The maximum atomic E-state index is 12.3. The van der Waals surface area contributed by atoms with Crippen LogP contribution in [0.5, 0.6) is 0 Å². The molecule has 1 heterocycles. The standard InChI is InChI=1S/C15H20ClN3O2.ClH/c1-17-9-2-3-14(20)18-13-8-10-19(15(13)21)12-6-4-11(16)5-7-12;/h4-7,13,17H,2-3,8-10H2,1H3,(H,18,20);1H. The van der Waals surface area contributed by atoms with Gasteiger partial charge in [-0.2, -0.15) is 0 Å². The van der Waals surface area contributed by atoms with Crippen LogP contribution in [0, 0.1) is 0 Å². The highest BCUT2D eigenvalue weighted by atomic mass is 35.5. The Labute approximate surface area is 141 Å². The van der Waals surface area contributed by atoms with Crippen LogP contribution in [0.1, 0.15) is 19.3 Å². The van der Waals surface area contributed by atoms with Gasteiger partial charge in [0.05, 0.1) is 0 Å². The zero-order chi connectivity index (χ0) is 15.2. The van der Waals surface area contributed by atoms with E-state index in [1.807, 2.05) is 19.2 Å². The van der Waals surface area contributed by atoms with Crippen LogP contribution >= 0.6 is 24.0 Å². The molecule has 2 amide bonds. The number of carbonyl (C=O) groups excluding carboxylic acids is 2. The molecule has 1 aromatic rings. The molecule has 0 radical (unpaired) electrons. The van der Waals surface area contributed by atoms with Crippen molar-refractivity contribution in [2.24, 2.45) is 0 Å². The number of hydrogen-bond donors (Lipinski definition) is 2. The van der Waals surface area contributed by atoms with E-state index in [-0.39, 0.29) is 24.2 Å². The molecular weight excluding hydrogens is 325 g/mol. The quantitative estimate of drug-likeness (QED) is 0.775. The second kappa shape index (κ2) is 8.98. The number of anilines is 1. The monoisotopic (exact) mass is 345 g/mol. The fraction of sp³-hybridized carbons (Fsp3) is 0.467. The largest absolute Gasteiger partial charge is 0.344 e. The van der Waals surface area contributed by atoms with Gasteiger partial charge in [-0.15, -0.1) is 12.4 Å². The highest BCUT2D eigenvalue weighted by Crippen LogP contribution is 2.23. The zero-order valence-electron chi connectivity index (χ0n) is 12.5. The van der Waals surface area contributed by atoms with Gasteiger partial charge in [0.1, 0.15) is 6.04 Å². The average Bonchev–Trinajstić information content (AvgIpc) is 2.82. The van der Waals surface area contributed by atoms with Crippen LogP contribution in [-0.2, 0) is 9.59 Å². The fourth-order valence-corrected chi connectivity index (χ4v) is 2.51. The number of benzene rings is 1. The van der Waals surface area contributed by atoms with Crippen molar-refractivity contribution in [3.8, 4) is 0 Å². The number of nitrogens with zero attached hydrogens (tertiary/aromatic N) is 1. The molecule has 0 bridgehead atoms. The van der Waals surface area contributed by atoms with Gasteiger partial charge in [0.25, 0.3) is 0 Å². The minimum absolute atomic E-state index is 0. The van der Waals surface area contributed by atoms with Gasteiger partial charge >= 0.3 is 0 Å². The Morgan fingerprint density at radius 2 is 2.05 bits per heavy atom. The van der Waals surface area contributed by atoms with Crippen molar-refractivity contribution in [1.29, 1.82) is 0 Å². The molecule has 1 aliphatic rings. The summed E-state index contributed by atoms with van der Waals surface area (Å²) in [5, 5.41) is 6.45. The van der Waals surface area contributed by atoms with Gasteiger partial charge in [0.15, 0.2) is 0 Å². The minimum Gasteiger partial charge on any atom is -0.344 e. The van der Waals surface area contributed by atoms with Gasteiger partial charge in [-0.3, -0.25) is 9.59 Å². The van der Waals surface area contributed by atoms with E-state index in [9.17, 15) is 9.59 Å². The molecule has 1 aromatic carbocycles. The first-order valence-electron chi connectivity index (χ1n) is 7.12. The fourth-order valence-electron chi connectivity index (χ4n) is 2.38. The molecule has 1 aliphatic heterocycles. The van der Waals surface area contributed by atoms with Gasteiger partial charge in [-0.25, -0.2) is 0 Å². The van der Waals surface area contributed by atoms with E-state index in [1.165, 1.54) is 0 Å². The van der Waals surface area contributed by atoms with Crippen molar-refractivity contribution in [3.63, 3.8) is 0 Å². The van der Waals surface area contributed by atoms with E-state index in [1.54, 1.807) is 17.0 Å². The summed E-state index contributed by atoms with van der Waals surface area (Å²) in [7, 11) is 1.85. The normalized spacial score (nSPS) is 17.3. The summed E-state index contributed by atoms with van der Waals surface area (Å²) in [6, 6.07) is 6.74. The van der Waals surface area contributed by atoms with Crippen molar-refractivity contribution < 1.29 is 9.59 Å². The zero-order valence-corrected chi connectivity index (χ0v) is 14.0. The molecule has 1 atom stereocenters. The van der Waals surface area contributed by atoms with Gasteiger partial charge in [-0.1, -0.05) is 11.6 Å². The van der Waals surface area contributed by atoms with E-state index in [0.717, 1.165) is 18.7 Å².